The highest BCUT2D eigenvalue weighted by atomic mass is 19.4. The molecular formula is C25H26F3N3O2. The fraction of sp³-hybridized carbons (Fsp3) is 0.400. The van der Waals surface area contributed by atoms with Crippen molar-refractivity contribution in [2.24, 2.45) is 5.92 Å². The van der Waals surface area contributed by atoms with E-state index in [1.54, 1.807) is 21.9 Å². The van der Waals surface area contributed by atoms with Crippen LogP contribution in [-0.4, -0.2) is 61.3 Å². The van der Waals surface area contributed by atoms with Gasteiger partial charge in [-0.1, -0.05) is 30.4 Å². The highest BCUT2D eigenvalue weighted by Gasteiger charge is 2.34. The molecule has 1 aliphatic carbocycles. The van der Waals surface area contributed by atoms with Crippen LogP contribution < -0.4 is 9.64 Å². The van der Waals surface area contributed by atoms with Gasteiger partial charge in [0.25, 0.3) is 5.91 Å². The first-order valence-corrected chi connectivity index (χ1v) is 11.3. The van der Waals surface area contributed by atoms with Gasteiger partial charge in [0.05, 0.1) is 5.69 Å². The van der Waals surface area contributed by atoms with Crippen molar-refractivity contribution in [3.63, 3.8) is 0 Å². The quantitative estimate of drug-likeness (QED) is 0.639. The summed E-state index contributed by atoms with van der Waals surface area (Å²) in [5, 5.41) is 0. The zero-order valence-corrected chi connectivity index (χ0v) is 18.2. The van der Waals surface area contributed by atoms with Crippen LogP contribution in [0.5, 0.6) is 5.75 Å². The van der Waals surface area contributed by atoms with Gasteiger partial charge >= 0.3 is 6.36 Å². The van der Waals surface area contributed by atoms with Crippen LogP contribution in [0.1, 0.15) is 28.8 Å². The minimum atomic E-state index is -4.87. The van der Waals surface area contributed by atoms with Gasteiger partial charge in [0, 0.05) is 50.5 Å². The highest BCUT2D eigenvalue weighted by Crippen LogP contribution is 2.40. The summed E-state index contributed by atoms with van der Waals surface area (Å²) in [6, 6.07) is 11.9. The van der Waals surface area contributed by atoms with Gasteiger partial charge in [0.1, 0.15) is 0 Å². The number of nitrogens with zero attached hydrogens (tertiary/aromatic N) is 3. The predicted molar refractivity (Wildman–Crippen MR) is 121 cm³/mol. The Morgan fingerprint density at radius 2 is 1.76 bits per heavy atom. The summed E-state index contributed by atoms with van der Waals surface area (Å²) < 4.78 is 44.2. The Hall–Kier alpha value is -3.00. The largest absolute Gasteiger partial charge is 0.573 e. The molecule has 2 heterocycles. The number of piperazine rings is 1. The summed E-state index contributed by atoms with van der Waals surface area (Å²) in [5.74, 6) is 0.154. The number of para-hydroxylation sites is 1. The number of alkyl halides is 3. The summed E-state index contributed by atoms with van der Waals surface area (Å²) in [6.07, 6.45) is 1.53. The summed E-state index contributed by atoms with van der Waals surface area (Å²) in [7, 11) is 0. The lowest BCUT2D eigenvalue weighted by Gasteiger charge is -2.35. The lowest BCUT2D eigenvalue weighted by atomic mass is 10.1. The van der Waals surface area contributed by atoms with E-state index < -0.39 is 6.36 Å². The van der Waals surface area contributed by atoms with Crippen molar-refractivity contribution in [2.45, 2.75) is 19.2 Å². The number of halogens is 3. The second-order valence-corrected chi connectivity index (χ2v) is 8.84. The molecule has 2 aromatic rings. The SMILES string of the molecule is O=C(c1ccc(N2CC=Cc3ccccc32)c(OC(F)(F)F)c1)N1CCN(CC2CC2)CC1. The third kappa shape index (κ3) is 5.00. The monoisotopic (exact) mass is 457 g/mol. The maximum atomic E-state index is 13.3. The van der Waals surface area contributed by atoms with E-state index in [9.17, 15) is 18.0 Å². The highest BCUT2D eigenvalue weighted by molar-refractivity contribution is 5.96. The summed E-state index contributed by atoms with van der Waals surface area (Å²) >= 11 is 0. The Kier molecular flexibility index (Phi) is 5.78. The number of hydrogen-bond donors (Lipinski definition) is 0. The molecule has 5 nitrogen and oxygen atoms in total. The van der Waals surface area contributed by atoms with Crippen LogP contribution in [0.3, 0.4) is 0 Å². The van der Waals surface area contributed by atoms with E-state index in [-0.39, 0.29) is 22.9 Å². The number of ether oxygens (including phenoxy) is 1. The van der Waals surface area contributed by atoms with Crippen LogP contribution in [-0.2, 0) is 0 Å². The lowest BCUT2D eigenvalue weighted by molar-refractivity contribution is -0.274. The second-order valence-electron chi connectivity index (χ2n) is 8.84. The zero-order valence-electron chi connectivity index (χ0n) is 18.2. The first-order valence-electron chi connectivity index (χ1n) is 11.3. The molecule has 0 spiro atoms. The predicted octanol–water partition coefficient (Wildman–Crippen LogP) is 4.92. The molecule has 3 aliphatic rings. The fourth-order valence-corrected chi connectivity index (χ4v) is 4.54. The van der Waals surface area contributed by atoms with Gasteiger partial charge < -0.3 is 14.5 Å². The Morgan fingerprint density at radius 1 is 1.00 bits per heavy atom. The van der Waals surface area contributed by atoms with E-state index in [4.69, 9.17) is 0 Å². The van der Waals surface area contributed by atoms with Gasteiger partial charge in [0.2, 0.25) is 0 Å². The molecule has 1 amide bonds. The van der Waals surface area contributed by atoms with Gasteiger partial charge in [-0.2, -0.15) is 0 Å². The Morgan fingerprint density at radius 3 is 2.48 bits per heavy atom. The van der Waals surface area contributed by atoms with Crippen molar-refractivity contribution in [2.75, 3.05) is 44.2 Å². The minimum absolute atomic E-state index is 0.203. The molecule has 0 bridgehead atoms. The molecule has 2 aromatic carbocycles. The van der Waals surface area contributed by atoms with Crippen LogP contribution in [0.25, 0.3) is 6.08 Å². The number of carbonyl (C=O) groups is 1. The van der Waals surface area contributed by atoms with Crippen molar-refractivity contribution < 1.29 is 22.7 Å². The fourth-order valence-electron chi connectivity index (χ4n) is 4.54. The third-order valence-electron chi connectivity index (χ3n) is 6.41. The number of benzene rings is 2. The summed E-state index contributed by atoms with van der Waals surface area (Å²) in [4.78, 5) is 18.9. The Balaban J connectivity index is 1.39. The van der Waals surface area contributed by atoms with Crippen molar-refractivity contribution in [3.8, 4) is 5.75 Å². The average molecular weight is 457 g/mol. The topological polar surface area (TPSA) is 36.0 Å². The van der Waals surface area contributed by atoms with Crippen LogP contribution in [0, 0.1) is 5.92 Å². The number of fused-ring (bicyclic) bond motifs is 1. The van der Waals surface area contributed by atoms with Crippen LogP contribution >= 0.6 is 0 Å². The molecule has 8 heteroatoms. The van der Waals surface area contributed by atoms with Crippen LogP contribution in [0.15, 0.2) is 48.5 Å². The van der Waals surface area contributed by atoms with Gasteiger partial charge in [-0.15, -0.1) is 13.2 Å². The van der Waals surface area contributed by atoms with E-state index in [0.717, 1.165) is 36.8 Å². The summed E-state index contributed by atoms with van der Waals surface area (Å²) in [6.45, 7) is 4.22. The minimum Gasteiger partial charge on any atom is -0.404 e. The maximum absolute atomic E-state index is 13.3. The van der Waals surface area contributed by atoms with Crippen LogP contribution in [0.4, 0.5) is 24.5 Å². The zero-order chi connectivity index (χ0) is 23.0. The molecule has 0 unspecified atom stereocenters. The number of anilines is 2. The summed E-state index contributed by atoms with van der Waals surface area (Å²) in [5.41, 5.74) is 2.17. The lowest BCUT2D eigenvalue weighted by Crippen LogP contribution is -2.49. The van der Waals surface area contributed by atoms with Crippen molar-refractivity contribution in [1.82, 2.24) is 9.80 Å². The first kappa shape index (κ1) is 21.8. The Labute approximate surface area is 191 Å². The van der Waals surface area contributed by atoms with Crippen molar-refractivity contribution in [3.05, 3.63) is 59.7 Å². The van der Waals surface area contributed by atoms with E-state index in [1.807, 2.05) is 36.4 Å². The van der Waals surface area contributed by atoms with Crippen molar-refractivity contribution >= 4 is 23.4 Å². The van der Waals surface area contributed by atoms with E-state index in [1.165, 1.54) is 18.9 Å². The molecule has 5 rings (SSSR count). The van der Waals surface area contributed by atoms with E-state index in [2.05, 4.69) is 9.64 Å². The molecule has 2 fully saturated rings. The van der Waals surface area contributed by atoms with Gasteiger partial charge in [-0.05, 0) is 48.6 Å². The molecule has 1 saturated carbocycles. The number of carbonyl (C=O) groups excluding carboxylic acids is 1. The molecule has 0 aromatic heterocycles. The third-order valence-corrected chi connectivity index (χ3v) is 6.41. The van der Waals surface area contributed by atoms with Crippen LogP contribution in [0.2, 0.25) is 0 Å². The van der Waals surface area contributed by atoms with Gasteiger partial charge in [-0.3, -0.25) is 9.69 Å². The number of hydrogen-bond acceptors (Lipinski definition) is 4. The smallest absolute Gasteiger partial charge is 0.404 e. The average Bonchev–Trinajstić information content (AvgIpc) is 3.62. The molecular weight excluding hydrogens is 431 g/mol. The molecule has 33 heavy (non-hydrogen) atoms. The molecule has 0 radical (unpaired) electrons. The number of amides is 1. The van der Waals surface area contributed by atoms with Gasteiger partial charge in [-0.25, -0.2) is 0 Å². The second kappa shape index (κ2) is 8.74. The molecule has 0 N–H and O–H groups in total. The molecule has 0 atom stereocenters. The van der Waals surface area contributed by atoms with E-state index in [0.29, 0.717) is 19.6 Å². The standard InChI is InChI=1S/C25H26F3N3O2/c26-25(27,28)33-23-16-20(24(32)30-14-12-29(13-15-30)17-18-7-8-18)9-10-22(23)31-11-3-5-19-4-1-2-6-21(19)31/h1-6,9-10,16,18H,7-8,11-15,17H2. The molecule has 174 valence electrons. The van der Waals surface area contributed by atoms with E-state index >= 15 is 0 Å². The number of rotatable bonds is 5. The molecule has 1 saturated heterocycles. The first-order chi connectivity index (χ1) is 15.9. The normalized spacial score (nSPS) is 18.9. The Bertz CT molecular complexity index is 1060. The van der Waals surface area contributed by atoms with Crippen molar-refractivity contribution in [1.29, 1.82) is 0 Å². The molecule has 2 aliphatic heterocycles. The van der Waals surface area contributed by atoms with Gasteiger partial charge in [0.15, 0.2) is 5.75 Å². The maximum Gasteiger partial charge on any atom is 0.573 e.